The fourth-order valence-electron chi connectivity index (χ4n) is 1.59. The number of rotatable bonds is 3. The number of hydrogen-bond donors (Lipinski definition) is 1. The van der Waals surface area contributed by atoms with Gasteiger partial charge in [-0.3, -0.25) is 9.20 Å². The van der Waals surface area contributed by atoms with Crippen LogP contribution in [-0.2, 0) is 0 Å². The van der Waals surface area contributed by atoms with E-state index in [9.17, 15) is 4.79 Å². The van der Waals surface area contributed by atoms with Crippen molar-refractivity contribution in [2.45, 2.75) is 27.2 Å². The number of nitrogens with one attached hydrogen (secondary N) is 1. The highest BCUT2D eigenvalue weighted by Gasteiger charge is 2.17. The van der Waals surface area contributed by atoms with Gasteiger partial charge in [-0.1, -0.05) is 18.3 Å². The molecule has 0 aliphatic heterocycles. The molecule has 2 heterocycles. The fourth-order valence-corrected chi connectivity index (χ4v) is 2.62. The summed E-state index contributed by atoms with van der Waals surface area (Å²) < 4.78 is 1.91. The van der Waals surface area contributed by atoms with Crippen molar-refractivity contribution in [2.75, 3.05) is 6.54 Å². The Morgan fingerprint density at radius 3 is 2.81 bits per heavy atom. The van der Waals surface area contributed by atoms with E-state index in [1.165, 1.54) is 11.3 Å². The first-order valence-electron chi connectivity index (χ1n) is 5.24. The fraction of sp³-hybridized carbons (Fsp3) is 0.500. The van der Waals surface area contributed by atoms with Crippen LogP contribution in [0.4, 0.5) is 0 Å². The predicted molar refractivity (Wildman–Crippen MR) is 63.0 cm³/mol. The van der Waals surface area contributed by atoms with Crippen LogP contribution in [0, 0.1) is 13.8 Å². The molecule has 1 amide bonds. The monoisotopic (exact) mass is 238 g/mol. The molecule has 16 heavy (non-hydrogen) atoms. The van der Waals surface area contributed by atoms with Gasteiger partial charge in [0.1, 0.15) is 10.7 Å². The Labute approximate surface area is 97.5 Å². The first-order chi connectivity index (χ1) is 7.65. The normalized spacial score (nSPS) is 10.9. The lowest BCUT2D eigenvalue weighted by Crippen LogP contribution is -2.23. The van der Waals surface area contributed by atoms with Crippen molar-refractivity contribution in [3.8, 4) is 0 Å². The van der Waals surface area contributed by atoms with Crippen molar-refractivity contribution in [1.82, 2.24) is 19.9 Å². The average Bonchev–Trinajstić information content (AvgIpc) is 2.78. The Morgan fingerprint density at radius 1 is 1.44 bits per heavy atom. The summed E-state index contributed by atoms with van der Waals surface area (Å²) in [7, 11) is 0. The number of aryl methyl sites for hydroxylation is 2. The number of thiazole rings is 1. The summed E-state index contributed by atoms with van der Waals surface area (Å²) in [5.41, 5.74) is 0.913. The van der Waals surface area contributed by atoms with Gasteiger partial charge in [0.2, 0.25) is 4.96 Å². The number of nitrogens with zero attached hydrogens (tertiary/aromatic N) is 3. The van der Waals surface area contributed by atoms with Crippen LogP contribution in [0.3, 0.4) is 0 Å². The van der Waals surface area contributed by atoms with E-state index in [2.05, 4.69) is 15.5 Å². The zero-order valence-corrected chi connectivity index (χ0v) is 10.4. The second-order valence-corrected chi connectivity index (χ2v) is 4.62. The lowest BCUT2D eigenvalue weighted by molar-refractivity contribution is 0.0957. The topological polar surface area (TPSA) is 59.3 Å². The third-order valence-corrected chi connectivity index (χ3v) is 3.53. The largest absolute Gasteiger partial charge is 0.351 e. The van der Waals surface area contributed by atoms with Gasteiger partial charge in [-0.2, -0.15) is 0 Å². The van der Waals surface area contributed by atoms with Gasteiger partial charge in [-0.25, -0.2) is 0 Å². The Bertz CT molecular complexity index is 528. The smallest absolute Gasteiger partial charge is 0.263 e. The highest BCUT2D eigenvalue weighted by Crippen LogP contribution is 2.22. The van der Waals surface area contributed by atoms with Gasteiger partial charge in [-0.05, 0) is 20.3 Å². The van der Waals surface area contributed by atoms with Crippen LogP contribution in [0.15, 0.2) is 0 Å². The standard InChI is InChI=1S/C10H14N4OS/c1-4-5-11-9(15)8-6(2)14-7(3)12-13-10(14)16-8/h4-5H2,1-3H3,(H,11,15). The Kier molecular flexibility index (Phi) is 2.91. The highest BCUT2D eigenvalue weighted by atomic mass is 32.1. The maximum absolute atomic E-state index is 11.8. The number of amides is 1. The Balaban J connectivity index is 2.38. The molecule has 2 rings (SSSR count). The van der Waals surface area contributed by atoms with Gasteiger partial charge in [0, 0.05) is 12.2 Å². The quantitative estimate of drug-likeness (QED) is 0.882. The van der Waals surface area contributed by atoms with Gasteiger partial charge < -0.3 is 5.32 Å². The molecule has 0 atom stereocenters. The summed E-state index contributed by atoms with van der Waals surface area (Å²) in [6.07, 6.45) is 0.938. The van der Waals surface area contributed by atoms with Crippen LogP contribution < -0.4 is 5.32 Å². The van der Waals surface area contributed by atoms with Crippen LogP contribution in [-0.4, -0.2) is 27.0 Å². The molecule has 2 aromatic rings. The van der Waals surface area contributed by atoms with Gasteiger partial charge in [-0.15, -0.1) is 10.2 Å². The molecular formula is C10H14N4OS. The van der Waals surface area contributed by atoms with Crippen molar-refractivity contribution in [3.05, 3.63) is 16.4 Å². The predicted octanol–water partition coefficient (Wildman–Crippen LogP) is 1.55. The minimum absolute atomic E-state index is 0.0192. The molecule has 0 saturated heterocycles. The van der Waals surface area contributed by atoms with Crippen molar-refractivity contribution in [3.63, 3.8) is 0 Å². The number of hydrogen-bond acceptors (Lipinski definition) is 4. The van der Waals surface area contributed by atoms with Crippen molar-refractivity contribution < 1.29 is 4.79 Å². The summed E-state index contributed by atoms with van der Waals surface area (Å²) >= 11 is 1.38. The first-order valence-corrected chi connectivity index (χ1v) is 6.06. The zero-order valence-electron chi connectivity index (χ0n) is 9.57. The average molecular weight is 238 g/mol. The van der Waals surface area contributed by atoms with E-state index in [4.69, 9.17) is 0 Å². The summed E-state index contributed by atoms with van der Waals surface area (Å²) in [5.74, 6) is 0.799. The number of fused-ring (bicyclic) bond motifs is 1. The van der Waals surface area contributed by atoms with E-state index in [1.807, 2.05) is 25.2 Å². The summed E-state index contributed by atoms with van der Waals surface area (Å²) in [6, 6.07) is 0. The minimum atomic E-state index is -0.0192. The van der Waals surface area contributed by atoms with Gasteiger partial charge in [0.25, 0.3) is 5.91 Å². The summed E-state index contributed by atoms with van der Waals surface area (Å²) in [4.78, 5) is 13.3. The van der Waals surface area contributed by atoms with Crippen LogP contribution in [0.1, 0.15) is 34.5 Å². The number of carbonyl (C=O) groups excluding carboxylic acids is 1. The van der Waals surface area contributed by atoms with E-state index in [-0.39, 0.29) is 5.91 Å². The van der Waals surface area contributed by atoms with E-state index in [0.29, 0.717) is 6.54 Å². The second kappa shape index (κ2) is 4.21. The molecule has 0 fully saturated rings. The number of carbonyl (C=O) groups is 1. The molecule has 86 valence electrons. The molecule has 5 nitrogen and oxygen atoms in total. The minimum Gasteiger partial charge on any atom is -0.351 e. The third kappa shape index (κ3) is 1.69. The molecular weight excluding hydrogens is 224 g/mol. The Morgan fingerprint density at radius 2 is 2.19 bits per heavy atom. The molecule has 0 bridgehead atoms. The first kappa shape index (κ1) is 11.1. The van der Waals surface area contributed by atoms with Crippen LogP contribution >= 0.6 is 11.3 Å². The Hall–Kier alpha value is -1.43. The van der Waals surface area contributed by atoms with E-state index >= 15 is 0 Å². The molecule has 1 N–H and O–H groups in total. The SMILES string of the molecule is CCCNC(=O)c1sc2nnc(C)n2c1C. The molecule has 0 aliphatic rings. The summed E-state index contributed by atoms with van der Waals surface area (Å²) in [5, 5.41) is 10.9. The zero-order chi connectivity index (χ0) is 11.7. The highest BCUT2D eigenvalue weighted by molar-refractivity contribution is 7.19. The molecule has 0 spiro atoms. The molecule has 0 saturated carbocycles. The molecule has 0 radical (unpaired) electrons. The molecule has 0 aromatic carbocycles. The molecule has 6 heteroatoms. The van der Waals surface area contributed by atoms with Crippen molar-refractivity contribution >= 4 is 22.2 Å². The lowest BCUT2D eigenvalue weighted by atomic mass is 10.3. The van der Waals surface area contributed by atoms with Gasteiger partial charge >= 0.3 is 0 Å². The van der Waals surface area contributed by atoms with Gasteiger partial charge in [0.05, 0.1) is 0 Å². The second-order valence-electron chi connectivity index (χ2n) is 3.64. The lowest BCUT2D eigenvalue weighted by Gasteiger charge is -2.01. The van der Waals surface area contributed by atoms with Crippen LogP contribution in [0.2, 0.25) is 0 Å². The van der Waals surface area contributed by atoms with Crippen molar-refractivity contribution in [2.24, 2.45) is 0 Å². The maximum Gasteiger partial charge on any atom is 0.263 e. The summed E-state index contributed by atoms with van der Waals surface area (Å²) in [6.45, 7) is 6.53. The van der Waals surface area contributed by atoms with Gasteiger partial charge in [0.15, 0.2) is 0 Å². The third-order valence-electron chi connectivity index (χ3n) is 2.39. The molecule has 0 aliphatic carbocycles. The van der Waals surface area contributed by atoms with Crippen LogP contribution in [0.25, 0.3) is 4.96 Å². The number of aromatic nitrogens is 3. The van der Waals surface area contributed by atoms with E-state index in [0.717, 1.165) is 27.8 Å². The molecule has 2 aromatic heterocycles. The molecule has 0 unspecified atom stereocenters. The van der Waals surface area contributed by atoms with Crippen LogP contribution in [0.5, 0.6) is 0 Å². The maximum atomic E-state index is 11.8. The van der Waals surface area contributed by atoms with Crippen molar-refractivity contribution in [1.29, 1.82) is 0 Å². The van der Waals surface area contributed by atoms with E-state index < -0.39 is 0 Å². The van der Waals surface area contributed by atoms with E-state index in [1.54, 1.807) is 0 Å².